The maximum atomic E-state index is 12.3. The number of carbonyl (C=O) groups is 6. The number of phenols is 1. The maximum Gasteiger partial charge on any atom is 0.352 e. The van der Waals surface area contributed by atoms with Gasteiger partial charge in [0.05, 0.1) is 0 Å². The largest absolute Gasteiger partial charge is 0.508 e. The number of hydrogen-bond donors (Lipinski definition) is 7. The molecule has 50 heavy (non-hydrogen) atoms. The van der Waals surface area contributed by atoms with Crippen LogP contribution in [0.15, 0.2) is 77.1 Å². The first-order valence-electron chi connectivity index (χ1n) is 14.9. The molecule has 0 bridgehead atoms. The molecule has 0 saturated carbocycles. The topological polar surface area (TPSA) is 277 Å². The number of aromatic hydroxyl groups is 1. The Kier molecular flexibility index (Phi) is 11.6. The van der Waals surface area contributed by atoms with Crippen LogP contribution in [0.3, 0.4) is 0 Å². The van der Waals surface area contributed by atoms with E-state index in [1.165, 1.54) is 57.6 Å². The number of carbonyl (C=O) groups excluding carboxylic acids is 4. The van der Waals surface area contributed by atoms with E-state index in [2.05, 4.69) is 10.6 Å². The fraction of sp³-hybridized carbons (Fsp3) is 0.312. The first kappa shape index (κ1) is 37.9. The molecule has 18 heteroatoms. The molecule has 16 nitrogen and oxygen atoms in total. The summed E-state index contributed by atoms with van der Waals surface area (Å²) in [6.45, 7) is 3.36. The van der Waals surface area contributed by atoms with E-state index in [-0.39, 0.29) is 22.6 Å². The molecule has 4 amide bonds. The summed E-state index contributed by atoms with van der Waals surface area (Å²) in [6.07, 6.45) is 0. The van der Waals surface area contributed by atoms with Gasteiger partial charge in [-0.3, -0.25) is 29.0 Å². The van der Waals surface area contributed by atoms with Crippen molar-refractivity contribution in [2.45, 2.75) is 48.8 Å². The van der Waals surface area contributed by atoms with Gasteiger partial charge in [-0.1, -0.05) is 42.5 Å². The molecule has 6 rings (SSSR count). The molecule has 0 aliphatic carbocycles. The Bertz CT molecular complexity index is 1770. The summed E-state index contributed by atoms with van der Waals surface area (Å²) in [7, 11) is 0. The van der Waals surface area contributed by atoms with Crippen LogP contribution < -0.4 is 22.1 Å². The van der Waals surface area contributed by atoms with Crippen LogP contribution >= 0.6 is 23.5 Å². The van der Waals surface area contributed by atoms with Crippen molar-refractivity contribution in [3.05, 3.63) is 88.3 Å². The standard InChI is InChI=1S/C16H17N3O5S.C16H17N3O4S.H2O/c1-7-6-25-15-11(14(22)19(15)12(7)16(23)24)18-13(21)10(17)8-2-4-9(20)5-3-8;1-8-7-24-15-11(14(21)19(15)12(8)16(22)23)18-13(20)10(17)9-5-3-2-4-6-9;/h2-5,10-11,15,20H,6,17H2,1H3,(H,18,21)(H,23,24);2-6,10-11,15H,7,17H2,1H3,(H,18,20)(H,22,23);1H2/t2*10-,11-,15-;/m11./s1. The van der Waals surface area contributed by atoms with E-state index in [1.807, 2.05) is 6.07 Å². The number of nitrogens with one attached hydrogen (secondary N) is 2. The summed E-state index contributed by atoms with van der Waals surface area (Å²) in [5, 5.41) is 32.2. The lowest BCUT2D eigenvalue weighted by atomic mass is 10.0. The quantitative estimate of drug-likeness (QED) is 0.173. The number of nitrogens with two attached hydrogens (primary N) is 2. The number of β-lactam (4-membered cyclic amide) rings is 2. The highest BCUT2D eigenvalue weighted by Gasteiger charge is 2.55. The Morgan fingerprint density at radius 3 is 1.48 bits per heavy atom. The van der Waals surface area contributed by atoms with Crippen molar-refractivity contribution in [2.75, 3.05) is 11.5 Å². The van der Waals surface area contributed by atoms with Crippen molar-refractivity contribution >= 4 is 59.1 Å². The molecular weight excluding hydrogens is 693 g/mol. The van der Waals surface area contributed by atoms with E-state index in [1.54, 1.807) is 38.1 Å². The first-order chi connectivity index (χ1) is 23.2. The van der Waals surface area contributed by atoms with Gasteiger partial charge in [-0.2, -0.15) is 0 Å². The third-order valence-electron chi connectivity index (χ3n) is 8.29. The molecule has 0 radical (unpaired) electrons. The molecule has 2 fully saturated rings. The van der Waals surface area contributed by atoms with Crippen LogP contribution in [0, 0.1) is 0 Å². The van der Waals surface area contributed by atoms with E-state index >= 15 is 0 Å². The zero-order valence-electron chi connectivity index (χ0n) is 26.7. The number of carboxylic acids is 2. The summed E-state index contributed by atoms with van der Waals surface area (Å²) >= 11 is 2.83. The third kappa shape index (κ3) is 7.19. The molecule has 0 aromatic heterocycles. The molecule has 0 unspecified atom stereocenters. The number of benzene rings is 2. The van der Waals surface area contributed by atoms with Crippen LogP contribution in [0.2, 0.25) is 0 Å². The summed E-state index contributed by atoms with van der Waals surface area (Å²) in [5.74, 6) is -3.10. The molecule has 266 valence electrons. The maximum absolute atomic E-state index is 12.3. The number of rotatable bonds is 8. The minimum absolute atomic E-state index is 0. The lowest BCUT2D eigenvalue weighted by Gasteiger charge is -2.49. The predicted octanol–water partition coefficient (Wildman–Crippen LogP) is -0.229. The Morgan fingerprint density at radius 1 is 0.720 bits per heavy atom. The molecule has 2 aromatic rings. The van der Waals surface area contributed by atoms with Crippen LogP contribution in [-0.4, -0.2) is 101 Å². The highest BCUT2D eigenvalue weighted by molar-refractivity contribution is 8.00. The Balaban J connectivity index is 0.000000220. The van der Waals surface area contributed by atoms with Gasteiger partial charge in [-0.25, -0.2) is 9.59 Å². The van der Waals surface area contributed by atoms with Crippen molar-refractivity contribution in [3.8, 4) is 5.75 Å². The van der Waals surface area contributed by atoms with Crippen LogP contribution in [0.4, 0.5) is 0 Å². The SMILES string of the molecule is CC1=C(C(=O)O)N2C(=O)[C@@H](NC(=O)[C@H](N)c3ccc(O)cc3)[C@H]2SC1.CC1=C(C(=O)O)N2C(=O)[C@@H](NC(=O)[C@H](N)c3ccccc3)[C@H]2SC1.O. The average molecular weight is 729 g/mol. The molecule has 2 aromatic carbocycles. The molecule has 4 heterocycles. The smallest absolute Gasteiger partial charge is 0.352 e. The molecule has 4 aliphatic heterocycles. The van der Waals surface area contributed by atoms with E-state index in [0.29, 0.717) is 33.8 Å². The van der Waals surface area contributed by atoms with E-state index in [9.17, 15) is 44.1 Å². The van der Waals surface area contributed by atoms with Gasteiger partial charge in [0.2, 0.25) is 11.8 Å². The molecule has 6 atom stereocenters. The van der Waals surface area contributed by atoms with E-state index < -0.39 is 70.5 Å². The average Bonchev–Trinajstić information content (AvgIpc) is 3.09. The van der Waals surface area contributed by atoms with Gasteiger partial charge >= 0.3 is 11.9 Å². The zero-order valence-corrected chi connectivity index (χ0v) is 28.4. The molecule has 11 N–H and O–H groups in total. The Morgan fingerprint density at radius 2 is 1.10 bits per heavy atom. The number of thioether (sulfide) groups is 2. The minimum Gasteiger partial charge on any atom is -0.508 e. The number of amides is 4. The lowest BCUT2D eigenvalue weighted by molar-refractivity contribution is -0.150. The second-order valence-electron chi connectivity index (χ2n) is 11.6. The fourth-order valence-electron chi connectivity index (χ4n) is 5.68. The number of carboxylic acid groups (broad SMARTS) is 2. The van der Waals surface area contributed by atoms with Gasteiger partial charge < -0.3 is 42.9 Å². The number of hydrogen-bond acceptors (Lipinski definition) is 11. The van der Waals surface area contributed by atoms with Gasteiger partial charge in [0.1, 0.15) is 52.1 Å². The number of aliphatic carboxylic acids is 2. The molecular formula is C32H36N6O10S2. The van der Waals surface area contributed by atoms with Crippen LogP contribution in [0.25, 0.3) is 0 Å². The second kappa shape index (κ2) is 15.3. The van der Waals surface area contributed by atoms with Crippen molar-refractivity contribution in [1.29, 1.82) is 0 Å². The summed E-state index contributed by atoms with van der Waals surface area (Å²) in [6, 6.07) is 11.3. The lowest BCUT2D eigenvalue weighted by Crippen LogP contribution is -2.71. The minimum atomic E-state index is -1.15. The van der Waals surface area contributed by atoms with Crippen LogP contribution in [-0.2, 0) is 28.8 Å². The number of phenolic OH excluding ortho intramolecular Hbond substituents is 1. The van der Waals surface area contributed by atoms with Crippen molar-refractivity contribution < 1.29 is 49.6 Å². The van der Waals surface area contributed by atoms with Crippen molar-refractivity contribution in [3.63, 3.8) is 0 Å². The normalized spacial score (nSPS) is 23.4. The van der Waals surface area contributed by atoms with Crippen LogP contribution in [0.1, 0.15) is 37.1 Å². The first-order valence-corrected chi connectivity index (χ1v) is 17.0. The van der Waals surface area contributed by atoms with Gasteiger partial charge in [0.15, 0.2) is 0 Å². The van der Waals surface area contributed by atoms with E-state index in [4.69, 9.17) is 11.5 Å². The second-order valence-corrected chi connectivity index (χ2v) is 13.8. The van der Waals surface area contributed by atoms with Crippen molar-refractivity contribution in [1.82, 2.24) is 20.4 Å². The summed E-state index contributed by atoms with van der Waals surface area (Å²) in [4.78, 5) is 74.4. The third-order valence-corrected chi connectivity index (χ3v) is 11.1. The summed E-state index contributed by atoms with van der Waals surface area (Å²) in [5.41, 5.74) is 14.2. The monoisotopic (exact) mass is 728 g/mol. The van der Waals surface area contributed by atoms with Crippen molar-refractivity contribution in [2.24, 2.45) is 11.5 Å². The van der Waals surface area contributed by atoms with Crippen LogP contribution in [0.5, 0.6) is 5.75 Å². The molecule has 2 saturated heterocycles. The predicted molar refractivity (Wildman–Crippen MR) is 183 cm³/mol. The highest BCUT2D eigenvalue weighted by Crippen LogP contribution is 2.41. The zero-order chi connectivity index (χ0) is 35.7. The van der Waals surface area contributed by atoms with Gasteiger partial charge in [0.25, 0.3) is 11.8 Å². The molecule has 4 aliphatic rings. The van der Waals surface area contributed by atoms with Gasteiger partial charge in [0, 0.05) is 11.5 Å². The fourth-order valence-corrected chi connectivity index (χ4v) is 8.27. The van der Waals surface area contributed by atoms with Gasteiger partial charge in [-0.15, -0.1) is 23.5 Å². The number of nitrogens with zero attached hydrogens (tertiary/aromatic N) is 2. The molecule has 0 spiro atoms. The number of fused-ring (bicyclic) bond motifs is 2. The van der Waals surface area contributed by atoms with E-state index in [0.717, 1.165) is 0 Å². The highest BCUT2D eigenvalue weighted by atomic mass is 32.2. The Hall–Kier alpha value is -4.88. The Labute approximate surface area is 294 Å². The van der Waals surface area contributed by atoms with Gasteiger partial charge in [-0.05, 0) is 48.3 Å². The summed E-state index contributed by atoms with van der Waals surface area (Å²) < 4.78 is 0.